The Kier molecular flexibility index (Phi) is 5.68. The first-order valence-corrected chi connectivity index (χ1v) is 7.91. The molecule has 0 saturated carbocycles. The van der Waals surface area contributed by atoms with E-state index in [4.69, 9.17) is 0 Å². The Labute approximate surface area is 140 Å². The van der Waals surface area contributed by atoms with Crippen molar-refractivity contribution in [2.45, 2.75) is 32.7 Å². The van der Waals surface area contributed by atoms with Crippen LogP contribution in [0.1, 0.15) is 47.4 Å². The standard InChI is InChI=1S/C17H21N3O4/c1-11(2)19-15(22)10-18-14(21)8-5-9-20-16(23)12-6-3-4-7-13(12)17(20)24/h3-4,6-7,11H,5,8-10H2,1-2H3,(H,18,21)(H,19,22). The Balaban J connectivity index is 1.75. The summed E-state index contributed by atoms with van der Waals surface area (Å²) in [5, 5.41) is 5.18. The van der Waals surface area contributed by atoms with Gasteiger partial charge >= 0.3 is 0 Å². The maximum absolute atomic E-state index is 12.2. The van der Waals surface area contributed by atoms with Gasteiger partial charge in [0, 0.05) is 19.0 Å². The Hall–Kier alpha value is -2.70. The van der Waals surface area contributed by atoms with Gasteiger partial charge in [-0.25, -0.2) is 0 Å². The minimum Gasteiger partial charge on any atom is -0.352 e. The molecule has 0 fully saturated rings. The molecule has 0 radical (unpaired) electrons. The first-order chi connectivity index (χ1) is 11.4. The van der Waals surface area contributed by atoms with Crippen LogP contribution in [0.3, 0.4) is 0 Å². The van der Waals surface area contributed by atoms with Crippen molar-refractivity contribution < 1.29 is 19.2 Å². The van der Waals surface area contributed by atoms with Crippen LogP contribution in [0.2, 0.25) is 0 Å². The second-order valence-corrected chi connectivity index (χ2v) is 5.91. The molecule has 7 nitrogen and oxygen atoms in total. The van der Waals surface area contributed by atoms with Gasteiger partial charge < -0.3 is 10.6 Å². The fourth-order valence-electron chi connectivity index (χ4n) is 2.48. The summed E-state index contributed by atoms with van der Waals surface area (Å²) < 4.78 is 0. The monoisotopic (exact) mass is 331 g/mol. The molecule has 0 spiro atoms. The number of benzene rings is 1. The highest BCUT2D eigenvalue weighted by molar-refractivity contribution is 6.21. The van der Waals surface area contributed by atoms with Crippen molar-refractivity contribution in [3.63, 3.8) is 0 Å². The Bertz CT molecular complexity index is 635. The summed E-state index contributed by atoms with van der Waals surface area (Å²) in [6, 6.07) is 6.68. The van der Waals surface area contributed by atoms with Gasteiger partial charge in [0.05, 0.1) is 17.7 Å². The van der Waals surface area contributed by atoms with E-state index >= 15 is 0 Å². The van der Waals surface area contributed by atoms with Crippen molar-refractivity contribution in [1.29, 1.82) is 0 Å². The van der Waals surface area contributed by atoms with E-state index in [1.54, 1.807) is 24.3 Å². The molecule has 4 amide bonds. The lowest BCUT2D eigenvalue weighted by atomic mass is 10.1. The lowest BCUT2D eigenvalue weighted by Crippen LogP contribution is -2.40. The van der Waals surface area contributed by atoms with Gasteiger partial charge in [-0.05, 0) is 32.4 Å². The molecule has 0 bridgehead atoms. The smallest absolute Gasteiger partial charge is 0.261 e. The summed E-state index contributed by atoms with van der Waals surface area (Å²) in [7, 11) is 0. The van der Waals surface area contributed by atoms with Crippen molar-refractivity contribution >= 4 is 23.6 Å². The zero-order valence-electron chi connectivity index (χ0n) is 13.8. The SMILES string of the molecule is CC(C)NC(=O)CNC(=O)CCCN1C(=O)c2ccccc2C1=O. The van der Waals surface area contributed by atoms with Crippen LogP contribution >= 0.6 is 0 Å². The second kappa shape index (κ2) is 7.72. The highest BCUT2D eigenvalue weighted by Crippen LogP contribution is 2.22. The van der Waals surface area contributed by atoms with Crippen molar-refractivity contribution in [1.82, 2.24) is 15.5 Å². The van der Waals surface area contributed by atoms with Crippen molar-refractivity contribution in [3.05, 3.63) is 35.4 Å². The summed E-state index contributed by atoms with van der Waals surface area (Å²) in [6.07, 6.45) is 0.492. The summed E-state index contributed by atoms with van der Waals surface area (Å²) in [5.41, 5.74) is 0.801. The number of carbonyl (C=O) groups excluding carboxylic acids is 4. The number of nitrogens with zero attached hydrogens (tertiary/aromatic N) is 1. The van der Waals surface area contributed by atoms with Crippen LogP contribution in [0.15, 0.2) is 24.3 Å². The molecule has 7 heteroatoms. The van der Waals surface area contributed by atoms with Crippen LogP contribution in [0, 0.1) is 0 Å². The number of amides is 4. The quantitative estimate of drug-likeness (QED) is 0.719. The number of fused-ring (bicyclic) bond motifs is 1. The fourth-order valence-corrected chi connectivity index (χ4v) is 2.48. The number of nitrogens with one attached hydrogen (secondary N) is 2. The number of hydrogen-bond donors (Lipinski definition) is 2. The number of imide groups is 1. The van der Waals surface area contributed by atoms with E-state index in [-0.39, 0.29) is 49.2 Å². The Morgan fingerprint density at radius 1 is 1.04 bits per heavy atom. The minimum atomic E-state index is -0.327. The zero-order chi connectivity index (χ0) is 17.7. The minimum absolute atomic E-state index is 0.0169. The number of rotatable bonds is 7. The molecule has 1 heterocycles. The Morgan fingerprint density at radius 2 is 1.62 bits per heavy atom. The molecule has 0 aromatic heterocycles. The third-order valence-corrected chi connectivity index (χ3v) is 3.56. The molecule has 1 aliphatic heterocycles. The lowest BCUT2D eigenvalue weighted by molar-refractivity contribution is -0.126. The second-order valence-electron chi connectivity index (χ2n) is 5.91. The molecular formula is C17H21N3O4. The maximum Gasteiger partial charge on any atom is 0.261 e. The van der Waals surface area contributed by atoms with E-state index < -0.39 is 0 Å². The summed E-state index contributed by atoms with van der Waals surface area (Å²) in [5.74, 6) is -1.19. The van der Waals surface area contributed by atoms with Gasteiger partial charge in [0.2, 0.25) is 11.8 Å². The zero-order valence-corrected chi connectivity index (χ0v) is 13.8. The van der Waals surface area contributed by atoms with Gasteiger partial charge in [-0.3, -0.25) is 24.1 Å². The van der Waals surface area contributed by atoms with E-state index in [0.717, 1.165) is 4.90 Å². The van der Waals surface area contributed by atoms with Gasteiger partial charge in [-0.2, -0.15) is 0 Å². The molecule has 0 unspecified atom stereocenters. The van der Waals surface area contributed by atoms with Crippen molar-refractivity contribution in [2.24, 2.45) is 0 Å². The van der Waals surface area contributed by atoms with Crippen LogP contribution < -0.4 is 10.6 Å². The molecule has 1 aromatic carbocycles. The highest BCUT2D eigenvalue weighted by atomic mass is 16.2. The van der Waals surface area contributed by atoms with Gasteiger partial charge in [-0.15, -0.1) is 0 Å². The molecule has 2 rings (SSSR count). The van der Waals surface area contributed by atoms with E-state index in [2.05, 4.69) is 10.6 Å². The molecule has 0 saturated heterocycles. The predicted octanol–water partition coefficient (Wildman–Crippen LogP) is 0.704. The molecular weight excluding hydrogens is 310 g/mol. The molecule has 2 N–H and O–H groups in total. The molecule has 0 aliphatic carbocycles. The van der Waals surface area contributed by atoms with Crippen molar-refractivity contribution in [3.8, 4) is 0 Å². The van der Waals surface area contributed by atoms with Gasteiger partial charge in [0.25, 0.3) is 11.8 Å². The van der Waals surface area contributed by atoms with Crippen LogP contribution in [-0.2, 0) is 9.59 Å². The third-order valence-electron chi connectivity index (χ3n) is 3.56. The fraction of sp³-hybridized carbons (Fsp3) is 0.412. The lowest BCUT2D eigenvalue weighted by Gasteiger charge is -2.13. The van der Waals surface area contributed by atoms with Crippen LogP contribution in [0.5, 0.6) is 0 Å². The number of carbonyl (C=O) groups is 4. The van der Waals surface area contributed by atoms with Crippen LogP contribution in [-0.4, -0.2) is 47.7 Å². The van der Waals surface area contributed by atoms with E-state index in [1.807, 2.05) is 13.8 Å². The van der Waals surface area contributed by atoms with E-state index in [0.29, 0.717) is 17.5 Å². The normalized spacial score (nSPS) is 13.2. The Morgan fingerprint density at radius 3 is 2.17 bits per heavy atom. The van der Waals surface area contributed by atoms with E-state index in [1.165, 1.54) is 0 Å². The molecule has 1 aliphatic rings. The molecule has 128 valence electrons. The van der Waals surface area contributed by atoms with Gasteiger partial charge in [0.15, 0.2) is 0 Å². The highest BCUT2D eigenvalue weighted by Gasteiger charge is 2.34. The van der Waals surface area contributed by atoms with Crippen molar-refractivity contribution in [2.75, 3.05) is 13.1 Å². The maximum atomic E-state index is 12.2. The van der Waals surface area contributed by atoms with Gasteiger partial charge in [0.1, 0.15) is 0 Å². The topological polar surface area (TPSA) is 95.6 Å². The molecule has 0 atom stereocenters. The van der Waals surface area contributed by atoms with Gasteiger partial charge in [-0.1, -0.05) is 12.1 Å². The summed E-state index contributed by atoms with van der Waals surface area (Å²) in [4.78, 5) is 48.6. The molecule has 1 aromatic rings. The first kappa shape index (κ1) is 17.7. The summed E-state index contributed by atoms with van der Waals surface area (Å²) in [6.45, 7) is 3.77. The average molecular weight is 331 g/mol. The molecule has 24 heavy (non-hydrogen) atoms. The largest absolute Gasteiger partial charge is 0.352 e. The average Bonchev–Trinajstić information content (AvgIpc) is 2.78. The number of hydrogen-bond acceptors (Lipinski definition) is 4. The van der Waals surface area contributed by atoms with Crippen LogP contribution in [0.4, 0.5) is 0 Å². The van der Waals surface area contributed by atoms with E-state index in [9.17, 15) is 19.2 Å². The van der Waals surface area contributed by atoms with Crippen LogP contribution in [0.25, 0.3) is 0 Å². The first-order valence-electron chi connectivity index (χ1n) is 7.91. The summed E-state index contributed by atoms with van der Waals surface area (Å²) >= 11 is 0. The third kappa shape index (κ3) is 4.18. The predicted molar refractivity (Wildman–Crippen MR) is 87.3 cm³/mol.